The lowest BCUT2D eigenvalue weighted by atomic mass is 10.1. The van der Waals surface area contributed by atoms with Gasteiger partial charge in [-0.2, -0.15) is 0 Å². The zero-order chi connectivity index (χ0) is 15.6. The van der Waals surface area contributed by atoms with Crippen LogP contribution in [0.3, 0.4) is 0 Å². The first kappa shape index (κ1) is 15.5. The van der Waals surface area contributed by atoms with E-state index in [1.54, 1.807) is 0 Å². The lowest BCUT2D eigenvalue weighted by Gasteiger charge is -2.07. The monoisotopic (exact) mass is 303 g/mol. The maximum Gasteiger partial charge on any atom is 0.189 e. The highest BCUT2D eigenvalue weighted by molar-refractivity contribution is 7.18. The second-order valence-corrected chi connectivity index (χ2v) is 6.70. The first-order valence-corrected chi connectivity index (χ1v) is 7.82. The van der Waals surface area contributed by atoms with Crippen molar-refractivity contribution >= 4 is 33.8 Å². The number of nitrogens with zero attached hydrogens (tertiary/aromatic N) is 1. The maximum atomic E-state index is 12.1. The molecular formula is C16H21N3OS. The number of rotatable bonds is 5. The number of carbonyl (C=O) groups excluding carboxylic acids is 1. The largest absolute Gasteiger partial charge is 0.382 e. The van der Waals surface area contributed by atoms with Crippen LogP contribution in [-0.2, 0) is 0 Å². The van der Waals surface area contributed by atoms with Gasteiger partial charge in [0.05, 0.1) is 0 Å². The topological polar surface area (TPSA) is 68.0 Å². The Bertz CT molecular complexity index is 662. The maximum absolute atomic E-state index is 12.1. The first-order chi connectivity index (χ1) is 9.86. The minimum atomic E-state index is 0.0639. The van der Waals surface area contributed by atoms with Gasteiger partial charge in [-0.05, 0) is 37.0 Å². The van der Waals surface area contributed by atoms with Crippen LogP contribution in [0.1, 0.15) is 41.1 Å². The number of hydrogen-bond acceptors (Lipinski definition) is 5. The third kappa shape index (κ3) is 3.82. The van der Waals surface area contributed by atoms with Crippen molar-refractivity contribution in [2.24, 2.45) is 5.92 Å². The van der Waals surface area contributed by atoms with Gasteiger partial charge in [-0.25, -0.2) is 4.98 Å². The summed E-state index contributed by atoms with van der Waals surface area (Å²) in [5, 5.41) is 3.92. The molecule has 0 bridgehead atoms. The Hall–Kier alpha value is -1.88. The number of nitrogens with two attached hydrogens (primary N) is 1. The van der Waals surface area contributed by atoms with E-state index in [1.807, 2.05) is 27.7 Å². The summed E-state index contributed by atoms with van der Waals surface area (Å²) >= 11 is 1.32. The molecule has 0 radical (unpaired) electrons. The van der Waals surface area contributed by atoms with Gasteiger partial charge in [-0.3, -0.25) is 4.79 Å². The number of thiazole rings is 1. The van der Waals surface area contributed by atoms with E-state index in [9.17, 15) is 4.79 Å². The quantitative estimate of drug-likeness (QED) is 0.807. The molecule has 0 atom stereocenters. The molecule has 0 aliphatic heterocycles. The van der Waals surface area contributed by atoms with Crippen molar-refractivity contribution in [1.29, 1.82) is 0 Å². The molecule has 5 heteroatoms. The average molecular weight is 303 g/mol. The fourth-order valence-electron chi connectivity index (χ4n) is 2.03. The number of aromatic nitrogens is 1. The molecule has 0 aliphatic carbocycles. The summed E-state index contributed by atoms with van der Waals surface area (Å²) in [6.07, 6.45) is 0.495. The van der Waals surface area contributed by atoms with Crippen LogP contribution in [0.4, 0.5) is 16.6 Å². The van der Waals surface area contributed by atoms with Crippen LogP contribution in [-0.4, -0.2) is 10.8 Å². The van der Waals surface area contributed by atoms with E-state index in [0.29, 0.717) is 28.2 Å². The van der Waals surface area contributed by atoms with E-state index < -0.39 is 0 Å². The van der Waals surface area contributed by atoms with Gasteiger partial charge in [0.2, 0.25) is 0 Å². The Kier molecular flexibility index (Phi) is 4.63. The fraction of sp³-hybridized carbons (Fsp3) is 0.375. The van der Waals surface area contributed by atoms with Gasteiger partial charge in [0.25, 0.3) is 0 Å². The lowest BCUT2D eigenvalue weighted by Crippen LogP contribution is -2.04. The van der Waals surface area contributed by atoms with E-state index in [4.69, 9.17) is 5.73 Å². The molecule has 112 valence electrons. The number of anilines is 3. The minimum absolute atomic E-state index is 0.0639. The summed E-state index contributed by atoms with van der Waals surface area (Å²) in [6.45, 7) is 8.11. The number of ketones is 1. The standard InChI is InChI=1S/C16H21N3OS/c1-9(2)7-13(20)14-15(17)19-16(21-14)18-12-8-10(3)5-6-11(12)4/h5-6,8-9H,7,17H2,1-4H3,(H,18,19). The lowest BCUT2D eigenvalue weighted by molar-refractivity contribution is 0.0972. The van der Waals surface area contributed by atoms with Gasteiger partial charge in [0, 0.05) is 12.1 Å². The van der Waals surface area contributed by atoms with Gasteiger partial charge in [-0.15, -0.1) is 0 Å². The molecule has 0 amide bonds. The number of nitrogen functional groups attached to an aromatic ring is 1. The smallest absolute Gasteiger partial charge is 0.189 e. The van der Waals surface area contributed by atoms with E-state index in [-0.39, 0.29) is 5.78 Å². The molecule has 1 heterocycles. The highest BCUT2D eigenvalue weighted by Crippen LogP contribution is 2.30. The molecule has 0 spiro atoms. The van der Waals surface area contributed by atoms with Crippen molar-refractivity contribution in [2.45, 2.75) is 34.1 Å². The molecule has 21 heavy (non-hydrogen) atoms. The van der Waals surface area contributed by atoms with Crippen LogP contribution in [0.15, 0.2) is 18.2 Å². The average Bonchev–Trinajstić information content (AvgIpc) is 2.74. The molecule has 0 aliphatic rings. The van der Waals surface area contributed by atoms with Gasteiger partial charge in [0.15, 0.2) is 10.9 Å². The van der Waals surface area contributed by atoms with Crippen LogP contribution in [0, 0.1) is 19.8 Å². The van der Waals surface area contributed by atoms with Crippen LogP contribution >= 0.6 is 11.3 Å². The van der Waals surface area contributed by atoms with Crippen LogP contribution < -0.4 is 11.1 Å². The SMILES string of the molecule is Cc1ccc(C)c(Nc2nc(N)c(C(=O)CC(C)C)s2)c1. The molecule has 1 aromatic heterocycles. The summed E-state index contributed by atoms with van der Waals surface area (Å²) < 4.78 is 0. The summed E-state index contributed by atoms with van der Waals surface area (Å²) in [4.78, 5) is 16.9. The second kappa shape index (κ2) is 6.26. The van der Waals surface area contributed by atoms with Gasteiger partial charge in [0.1, 0.15) is 10.7 Å². The molecule has 0 saturated carbocycles. The van der Waals surface area contributed by atoms with Gasteiger partial charge >= 0.3 is 0 Å². The molecule has 2 aromatic rings. The Morgan fingerprint density at radius 2 is 2.10 bits per heavy atom. The molecule has 2 rings (SSSR count). The molecule has 0 saturated heterocycles. The predicted octanol–water partition coefficient (Wildman–Crippen LogP) is 4.31. The Balaban J connectivity index is 2.22. The number of hydrogen-bond donors (Lipinski definition) is 2. The normalized spacial score (nSPS) is 10.9. The van der Waals surface area contributed by atoms with Crippen molar-refractivity contribution < 1.29 is 4.79 Å². The van der Waals surface area contributed by atoms with Crippen molar-refractivity contribution in [3.63, 3.8) is 0 Å². The van der Waals surface area contributed by atoms with E-state index >= 15 is 0 Å². The van der Waals surface area contributed by atoms with Crippen LogP contribution in [0.25, 0.3) is 0 Å². The van der Waals surface area contributed by atoms with E-state index in [0.717, 1.165) is 11.3 Å². The van der Waals surface area contributed by atoms with Crippen molar-refractivity contribution in [2.75, 3.05) is 11.1 Å². The number of benzene rings is 1. The molecule has 0 unspecified atom stereocenters. The van der Waals surface area contributed by atoms with Crippen molar-refractivity contribution in [1.82, 2.24) is 4.98 Å². The summed E-state index contributed by atoms with van der Waals surface area (Å²) in [6, 6.07) is 6.18. The van der Waals surface area contributed by atoms with Crippen LogP contribution in [0.2, 0.25) is 0 Å². The minimum Gasteiger partial charge on any atom is -0.382 e. The van der Waals surface area contributed by atoms with Crippen LogP contribution in [0.5, 0.6) is 0 Å². The highest BCUT2D eigenvalue weighted by Gasteiger charge is 2.17. The number of aryl methyl sites for hydroxylation is 2. The van der Waals surface area contributed by atoms with Crippen molar-refractivity contribution in [3.8, 4) is 0 Å². The zero-order valence-electron chi connectivity index (χ0n) is 12.9. The summed E-state index contributed by atoms with van der Waals surface area (Å²) in [7, 11) is 0. The van der Waals surface area contributed by atoms with E-state index in [2.05, 4.69) is 28.5 Å². The predicted molar refractivity (Wildman–Crippen MR) is 89.5 cm³/mol. The third-order valence-electron chi connectivity index (χ3n) is 3.13. The summed E-state index contributed by atoms with van der Waals surface area (Å²) in [5.41, 5.74) is 9.17. The molecular weight excluding hydrogens is 282 g/mol. The molecule has 1 aromatic carbocycles. The number of nitrogens with one attached hydrogen (secondary N) is 1. The third-order valence-corrected chi connectivity index (χ3v) is 4.16. The fourth-order valence-corrected chi connectivity index (χ4v) is 2.88. The second-order valence-electron chi connectivity index (χ2n) is 5.70. The molecule has 0 fully saturated rings. The first-order valence-electron chi connectivity index (χ1n) is 7.00. The zero-order valence-corrected chi connectivity index (χ0v) is 13.7. The summed E-state index contributed by atoms with van der Waals surface area (Å²) in [5.74, 6) is 0.696. The number of Topliss-reactive ketones (excluding diaryl/α,β-unsaturated/α-hetero) is 1. The molecule has 3 N–H and O–H groups in total. The molecule has 4 nitrogen and oxygen atoms in total. The Labute approximate surface area is 129 Å². The van der Waals surface area contributed by atoms with Crippen molar-refractivity contribution in [3.05, 3.63) is 34.2 Å². The number of carbonyl (C=O) groups is 1. The highest BCUT2D eigenvalue weighted by atomic mass is 32.1. The Morgan fingerprint density at radius 1 is 1.38 bits per heavy atom. The van der Waals surface area contributed by atoms with Gasteiger partial charge < -0.3 is 11.1 Å². The van der Waals surface area contributed by atoms with Gasteiger partial charge in [-0.1, -0.05) is 37.3 Å². The Morgan fingerprint density at radius 3 is 2.76 bits per heavy atom. The van der Waals surface area contributed by atoms with E-state index in [1.165, 1.54) is 16.9 Å².